The largest absolute Gasteiger partial charge is 0.478 e. The normalized spacial score (nSPS) is 14.7. The Hall–Kier alpha value is -2.04. The van der Waals surface area contributed by atoms with Crippen molar-refractivity contribution >= 4 is 17.7 Å². The Labute approximate surface area is 105 Å². The highest BCUT2D eigenvalue weighted by Crippen LogP contribution is 2.21. The molecule has 0 unspecified atom stereocenters. The van der Waals surface area contributed by atoms with E-state index in [4.69, 9.17) is 5.11 Å². The predicted octanol–water partition coefficient (Wildman–Crippen LogP) is 2.37. The lowest BCUT2D eigenvalue weighted by Crippen LogP contribution is -2.42. The van der Waals surface area contributed by atoms with E-state index in [0.717, 1.165) is 19.3 Å². The Morgan fingerprint density at radius 1 is 1.33 bits per heavy atom. The molecule has 0 radical (unpaired) electrons. The molecule has 0 aromatic heterocycles. The number of carbonyl (C=O) groups excluding carboxylic acids is 1. The molecule has 5 heteroatoms. The van der Waals surface area contributed by atoms with E-state index < -0.39 is 5.97 Å². The first-order valence-electron chi connectivity index (χ1n) is 5.98. The SMILES string of the molecule is Cc1cccc(NC(=O)NC2CCC2)c1C(=O)O. The van der Waals surface area contributed by atoms with Crippen molar-refractivity contribution in [3.05, 3.63) is 29.3 Å². The molecule has 1 saturated carbocycles. The minimum Gasteiger partial charge on any atom is -0.478 e. The fraction of sp³-hybridized carbons (Fsp3) is 0.385. The quantitative estimate of drug-likeness (QED) is 0.768. The molecule has 0 bridgehead atoms. The smallest absolute Gasteiger partial charge is 0.338 e. The van der Waals surface area contributed by atoms with Crippen LogP contribution in [0.3, 0.4) is 0 Å². The zero-order valence-corrected chi connectivity index (χ0v) is 10.2. The van der Waals surface area contributed by atoms with Gasteiger partial charge in [-0.15, -0.1) is 0 Å². The van der Waals surface area contributed by atoms with Gasteiger partial charge in [0.1, 0.15) is 0 Å². The molecule has 3 N–H and O–H groups in total. The Morgan fingerprint density at radius 2 is 2.06 bits per heavy atom. The van der Waals surface area contributed by atoms with Gasteiger partial charge in [-0.25, -0.2) is 9.59 Å². The Balaban J connectivity index is 2.10. The third kappa shape index (κ3) is 2.61. The maximum atomic E-state index is 11.7. The van der Waals surface area contributed by atoms with Crippen LogP contribution in [0.2, 0.25) is 0 Å². The number of benzene rings is 1. The van der Waals surface area contributed by atoms with Crippen LogP contribution < -0.4 is 10.6 Å². The van der Waals surface area contributed by atoms with Crippen LogP contribution in [-0.4, -0.2) is 23.1 Å². The van der Waals surface area contributed by atoms with Crippen LogP contribution in [0.1, 0.15) is 35.2 Å². The summed E-state index contributed by atoms with van der Waals surface area (Å²) >= 11 is 0. The highest BCUT2D eigenvalue weighted by atomic mass is 16.4. The maximum Gasteiger partial charge on any atom is 0.338 e. The molecule has 0 atom stereocenters. The second-order valence-electron chi connectivity index (χ2n) is 4.53. The summed E-state index contributed by atoms with van der Waals surface area (Å²) in [5.41, 5.74) is 1.10. The van der Waals surface area contributed by atoms with Crippen molar-refractivity contribution in [2.45, 2.75) is 32.2 Å². The van der Waals surface area contributed by atoms with E-state index in [1.165, 1.54) is 0 Å². The van der Waals surface area contributed by atoms with Crippen molar-refractivity contribution < 1.29 is 14.7 Å². The number of amides is 2. The second-order valence-corrected chi connectivity index (χ2v) is 4.53. The van der Waals surface area contributed by atoms with Gasteiger partial charge in [-0.1, -0.05) is 12.1 Å². The van der Waals surface area contributed by atoms with Crippen LogP contribution in [0.5, 0.6) is 0 Å². The molecular formula is C13H16N2O3. The number of aryl methyl sites for hydroxylation is 1. The molecule has 5 nitrogen and oxygen atoms in total. The fourth-order valence-electron chi connectivity index (χ4n) is 1.95. The van der Waals surface area contributed by atoms with Crippen molar-refractivity contribution in [1.29, 1.82) is 0 Å². The van der Waals surface area contributed by atoms with Crippen molar-refractivity contribution in [3.8, 4) is 0 Å². The maximum absolute atomic E-state index is 11.7. The summed E-state index contributed by atoms with van der Waals surface area (Å²) in [7, 11) is 0. The van der Waals surface area contributed by atoms with Crippen LogP contribution in [0.25, 0.3) is 0 Å². The number of nitrogens with one attached hydrogen (secondary N) is 2. The first-order valence-corrected chi connectivity index (χ1v) is 5.98. The lowest BCUT2D eigenvalue weighted by atomic mass is 9.93. The van der Waals surface area contributed by atoms with Crippen LogP contribution in [0.15, 0.2) is 18.2 Å². The highest BCUT2D eigenvalue weighted by molar-refractivity contribution is 6.01. The summed E-state index contributed by atoms with van der Waals surface area (Å²) in [5.74, 6) is -1.04. The Kier molecular flexibility index (Phi) is 3.50. The minimum absolute atomic E-state index is 0.140. The predicted molar refractivity (Wildman–Crippen MR) is 67.9 cm³/mol. The van der Waals surface area contributed by atoms with Crippen molar-refractivity contribution in [1.82, 2.24) is 5.32 Å². The van der Waals surface area contributed by atoms with Gasteiger partial charge in [-0.3, -0.25) is 0 Å². The van der Waals surface area contributed by atoms with Gasteiger partial charge in [0, 0.05) is 6.04 Å². The number of rotatable bonds is 3. The average Bonchev–Trinajstić information content (AvgIpc) is 2.23. The summed E-state index contributed by atoms with van der Waals surface area (Å²) in [6.07, 6.45) is 3.12. The molecule has 1 aromatic carbocycles. The van der Waals surface area contributed by atoms with Gasteiger partial charge in [-0.05, 0) is 37.8 Å². The molecule has 2 rings (SSSR count). The molecule has 2 amide bonds. The monoisotopic (exact) mass is 248 g/mol. The van der Waals surface area contributed by atoms with Crippen molar-refractivity contribution in [3.63, 3.8) is 0 Å². The third-order valence-electron chi connectivity index (χ3n) is 3.18. The molecule has 0 heterocycles. The molecule has 96 valence electrons. The topological polar surface area (TPSA) is 78.4 Å². The molecule has 0 aliphatic heterocycles. The van der Waals surface area contributed by atoms with E-state index in [9.17, 15) is 9.59 Å². The number of carboxylic acid groups (broad SMARTS) is 1. The van der Waals surface area contributed by atoms with Gasteiger partial charge >= 0.3 is 12.0 Å². The summed E-state index contributed by atoms with van der Waals surface area (Å²) < 4.78 is 0. The first-order chi connectivity index (χ1) is 8.58. The Morgan fingerprint density at radius 3 is 2.61 bits per heavy atom. The molecule has 1 aromatic rings. The molecule has 0 saturated heterocycles. The van der Waals surface area contributed by atoms with E-state index in [0.29, 0.717) is 11.3 Å². The molecule has 1 aliphatic rings. The van der Waals surface area contributed by atoms with Gasteiger partial charge in [0.25, 0.3) is 0 Å². The average molecular weight is 248 g/mol. The van der Waals surface area contributed by atoms with E-state index in [-0.39, 0.29) is 17.6 Å². The van der Waals surface area contributed by atoms with Gasteiger partial charge < -0.3 is 15.7 Å². The van der Waals surface area contributed by atoms with E-state index in [2.05, 4.69) is 10.6 Å². The number of anilines is 1. The standard InChI is InChI=1S/C13H16N2O3/c1-8-4-2-7-10(11(8)12(16)17)15-13(18)14-9-5-3-6-9/h2,4,7,9H,3,5-6H2,1H3,(H,16,17)(H2,14,15,18). The lowest BCUT2D eigenvalue weighted by Gasteiger charge is -2.26. The number of aromatic carboxylic acids is 1. The number of carbonyl (C=O) groups is 2. The minimum atomic E-state index is -1.04. The highest BCUT2D eigenvalue weighted by Gasteiger charge is 2.20. The fourth-order valence-corrected chi connectivity index (χ4v) is 1.95. The van der Waals surface area contributed by atoms with Crippen LogP contribution in [-0.2, 0) is 0 Å². The second kappa shape index (κ2) is 5.08. The number of urea groups is 1. The van der Waals surface area contributed by atoms with Crippen molar-refractivity contribution in [2.24, 2.45) is 0 Å². The van der Waals surface area contributed by atoms with Crippen molar-refractivity contribution in [2.75, 3.05) is 5.32 Å². The van der Waals surface area contributed by atoms with E-state index >= 15 is 0 Å². The molecule has 1 aliphatic carbocycles. The zero-order chi connectivity index (χ0) is 13.1. The Bertz CT molecular complexity index is 481. The van der Waals surface area contributed by atoms with Crippen LogP contribution >= 0.6 is 0 Å². The first kappa shape index (κ1) is 12.4. The zero-order valence-electron chi connectivity index (χ0n) is 10.2. The van der Waals surface area contributed by atoms with Gasteiger partial charge in [-0.2, -0.15) is 0 Å². The number of hydrogen-bond donors (Lipinski definition) is 3. The molecule has 18 heavy (non-hydrogen) atoms. The lowest BCUT2D eigenvalue weighted by molar-refractivity contribution is 0.0697. The van der Waals surface area contributed by atoms with Gasteiger partial charge in [0.05, 0.1) is 11.3 Å². The number of hydrogen-bond acceptors (Lipinski definition) is 2. The molecule has 0 spiro atoms. The molecule has 1 fully saturated rings. The van der Waals surface area contributed by atoms with Crippen LogP contribution in [0, 0.1) is 6.92 Å². The summed E-state index contributed by atoms with van der Waals surface area (Å²) in [6, 6.07) is 4.91. The number of carboxylic acids is 1. The van der Waals surface area contributed by atoms with Gasteiger partial charge in [0.2, 0.25) is 0 Å². The molecular weight excluding hydrogens is 232 g/mol. The van der Waals surface area contributed by atoms with Gasteiger partial charge in [0.15, 0.2) is 0 Å². The van der Waals surface area contributed by atoms with E-state index in [1.54, 1.807) is 25.1 Å². The van der Waals surface area contributed by atoms with Crippen LogP contribution in [0.4, 0.5) is 10.5 Å². The third-order valence-corrected chi connectivity index (χ3v) is 3.18. The summed E-state index contributed by atoms with van der Waals surface area (Å²) in [4.78, 5) is 22.8. The summed E-state index contributed by atoms with van der Waals surface area (Å²) in [5, 5.41) is 14.5. The summed E-state index contributed by atoms with van der Waals surface area (Å²) in [6.45, 7) is 1.71. The van der Waals surface area contributed by atoms with E-state index in [1.807, 2.05) is 0 Å².